The van der Waals surface area contributed by atoms with Gasteiger partial charge in [-0.05, 0) is 37.6 Å². The van der Waals surface area contributed by atoms with Crippen LogP contribution in [0.4, 0.5) is 0 Å². The number of benzene rings is 1. The zero-order valence-electron chi connectivity index (χ0n) is 8.90. The number of rotatable bonds is 4. The Labute approximate surface area is 84.8 Å². The largest absolute Gasteiger partial charge is 0.380 e. The second-order valence-electron chi connectivity index (χ2n) is 3.84. The van der Waals surface area contributed by atoms with Crippen molar-refractivity contribution < 1.29 is 10.0 Å². The molecule has 0 aliphatic rings. The lowest BCUT2D eigenvalue weighted by atomic mass is 10.0. The van der Waals surface area contributed by atoms with Gasteiger partial charge in [0.15, 0.2) is 5.75 Å². The predicted molar refractivity (Wildman–Crippen MR) is 55.1 cm³/mol. The third-order valence-corrected chi connectivity index (χ3v) is 2.32. The Bertz CT molecular complexity index is 272. The average Bonchev–Trinajstić information content (AvgIpc) is 2.19. The first-order chi connectivity index (χ1) is 6.56. The van der Waals surface area contributed by atoms with Crippen molar-refractivity contribution in [1.82, 2.24) is 5.23 Å². The van der Waals surface area contributed by atoms with Gasteiger partial charge in [-0.2, -0.15) is 0 Å². The van der Waals surface area contributed by atoms with Crippen molar-refractivity contribution in [3.05, 3.63) is 30.3 Å². The van der Waals surface area contributed by atoms with E-state index in [1.807, 2.05) is 39.0 Å². The number of para-hydroxylation sites is 1. The maximum atomic E-state index is 9.64. The first kappa shape index (κ1) is 11.0. The number of hydroxylamine groups is 2. The molecule has 3 nitrogen and oxygen atoms in total. The minimum atomic E-state index is -0.379. The van der Waals surface area contributed by atoms with Gasteiger partial charge in [-0.15, -0.1) is 0 Å². The van der Waals surface area contributed by atoms with Crippen molar-refractivity contribution in [1.29, 1.82) is 0 Å². The van der Waals surface area contributed by atoms with Crippen LogP contribution in [0.1, 0.15) is 27.2 Å². The van der Waals surface area contributed by atoms with E-state index in [1.165, 1.54) is 0 Å². The van der Waals surface area contributed by atoms with E-state index in [0.29, 0.717) is 5.75 Å². The molecule has 1 aromatic rings. The first-order valence-corrected chi connectivity index (χ1v) is 4.78. The summed E-state index contributed by atoms with van der Waals surface area (Å²) in [5.41, 5.74) is -0.379. The summed E-state index contributed by atoms with van der Waals surface area (Å²) < 4.78 is 0. The average molecular weight is 195 g/mol. The minimum absolute atomic E-state index is 0.379. The standard InChI is InChI=1S/C11H17NO2/c1-4-11(2,3)12(13)14-10-8-6-5-7-9-10/h5-9,13H,4H2,1-3H3. The molecular formula is C11H17NO2. The van der Waals surface area contributed by atoms with Gasteiger partial charge in [0.1, 0.15) is 0 Å². The van der Waals surface area contributed by atoms with Crippen LogP contribution in [0.25, 0.3) is 0 Å². The van der Waals surface area contributed by atoms with E-state index in [1.54, 1.807) is 12.1 Å². The Morgan fingerprint density at radius 3 is 2.36 bits per heavy atom. The molecule has 1 N–H and O–H groups in total. The fourth-order valence-electron chi connectivity index (χ4n) is 0.840. The Morgan fingerprint density at radius 1 is 1.29 bits per heavy atom. The molecule has 0 atom stereocenters. The Balaban J connectivity index is 2.62. The molecule has 14 heavy (non-hydrogen) atoms. The van der Waals surface area contributed by atoms with Crippen LogP contribution in [0.2, 0.25) is 0 Å². The summed E-state index contributed by atoms with van der Waals surface area (Å²) in [4.78, 5) is 5.26. The fraction of sp³-hybridized carbons (Fsp3) is 0.455. The van der Waals surface area contributed by atoms with Gasteiger partial charge >= 0.3 is 0 Å². The van der Waals surface area contributed by atoms with Gasteiger partial charge < -0.3 is 4.84 Å². The lowest BCUT2D eigenvalue weighted by Gasteiger charge is -2.30. The third-order valence-electron chi connectivity index (χ3n) is 2.32. The molecule has 0 saturated heterocycles. The van der Waals surface area contributed by atoms with Crippen LogP contribution in [0.5, 0.6) is 5.75 Å². The van der Waals surface area contributed by atoms with E-state index in [-0.39, 0.29) is 5.54 Å². The van der Waals surface area contributed by atoms with E-state index < -0.39 is 0 Å². The molecule has 0 fully saturated rings. The van der Waals surface area contributed by atoms with Crippen LogP contribution in [-0.2, 0) is 0 Å². The molecule has 0 unspecified atom stereocenters. The van der Waals surface area contributed by atoms with Crippen LogP contribution in [0.15, 0.2) is 30.3 Å². The van der Waals surface area contributed by atoms with Crippen molar-refractivity contribution in [3.8, 4) is 5.75 Å². The Morgan fingerprint density at radius 2 is 1.86 bits per heavy atom. The summed E-state index contributed by atoms with van der Waals surface area (Å²) in [6.07, 6.45) is 0.802. The van der Waals surface area contributed by atoms with Gasteiger partial charge in [0.05, 0.1) is 5.54 Å². The maximum Gasteiger partial charge on any atom is 0.150 e. The number of nitrogens with zero attached hydrogens (tertiary/aromatic N) is 1. The van der Waals surface area contributed by atoms with E-state index in [9.17, 15) is 5.21 Å². The van der Waals surface area contributed by atoms with Gasteiger partial charge in [-0.3, -0.25) is 5.21 Å². The molecule has 0 amide bonds. The summed E-state index contributed by atoms with van der Waals surface area (Å²) >= 11 is 0. The molecule has 0 aliphatic carbocycles. The lowest BCUT2D eigenvalue weighted by molar-refractivity contribution is -0.333. The van der Waals surface area contributed by atoms with E-state index in [0.717, 1.165) is 11.6 Å². The van der Waals surface area contributed by atoms with Gasteiger partial charge in [-0.1, -0.05) is 25.1 Å². The SMILES string of the molecule is CCC(C)(C)N(O)Oc1ccccc1. The van der Waals surface area contributed by atoms with Gasteiger partial charge in [0, 0.05) is 0 Å². The zero-order valence-corrected chi connectivity index (χ0v) is 8.90. The van der Waals surface area contributed by atoms with E-state index in [2.05, 4.69) is 0 Å². The maximum absolute atomic E-state index is 9.64. The Hall–Kier alpha value is -1.06. The molecule has 0 heterocycles. The molecule has 1 rings (SSSR count). The van der Waals surface area contributed by atoms with Gasteiger partial charge in [0.25, 0.3) is 0 Å². The quantitative estimate of drug-likeness (QED) is 0.750. The van der Waals surface area contributed by atoms with Crippen LogP contribution in [-0.4, -0.2) is 16.0 Å². The highest BCUT2D eigenvalue weighted by Gasteiger charge is 2.25. The van der Waals surface area contributed by atoms with Crippen molar-refractivity contribution in [2.75, 3.05) is 0 Å². The van der Waals surface area contributed by atoms with E-state index >= 15 is 0 Å². The van der Waals surface area contributed by atoms with Gasteiger partial charge in [0.2, 0.25) is 0 Å². The predicted octanol–water partition coefficient (Wildman–Crippen LogP) is 2.86. The number of hydrogen-bond donors (Lipinski definition) is 1. The molecule has 0 saturated carbocycles. The topological polar surface area (TPSA) is 32.7 Å². The Kier molecular flexibility index (Phi) is 3.49. The summed E-state index contributed by atoms with van der Waals surface area (Å²) in [6, 6.07) is 9.23. The molecule has 3 heteroatoms. The van der Waals surface area contributed by atoms with Crippen LogP contribution in [0, 0.1) is 0 Å². The molecule has 78 valence electrons. The number of hydrogen-bond acceptors (Lipinski definition) is 3. The zero-order chi connectivity index (χ0) is 10.6. The summed E-state index contributed by atoms with van der Waals surface area (Å²) in [6.45, 7) is 5.82. The lowest BCUT2D eigenvalue weighted by Crippen LogP contribution is -2.43. The smallest absolute Gasteiger partial charge is 0.150 e. The molecule has 0 aromatic heterocycles. The molecule has 0 bridgehead atoms. The van der Waals surface area contributed by atoms with Crippen molar-refractivity contribution in [2.24, 2.45) is 0 Å². The highest BCUT2D eigenvalue weighted by molar-refractivity contribution is 5.20. The van der Waals surface area contributed by atoms with Crippen LogP contribution in [0.3, 0.4) is 0 Å². The molecule has 0 spiro atoms. The molecule has 0 radical (unpaired) electrons. The summed E-state index contributed by atoms with van der Waals surface area (Å²) in [5, 5.41) is 10.5. The van der Waals surface area contributed by atoms with Gasteiger partial charge in [-0.25, -0.2) is 0 Å². The van der Waals surface area contributed by atoms with Crippen molar-refractivity contribution in [3.63, 3.8) is 0 Å². The second-order valence-corrected chi connectivity index (χ2v) is 3.84. The normalized spacial score (nSPS) is 11.8. The van der Waals surface area contributed by atoms with Crippen molar-refractivity contribution >= 4 is 0 Å². The highest BCUT2D eigenvalue weighted by Crippen LogP contribution is 2.19. The van der Waals surface area contributed by atoms with Crippen LogP contribution < -0.4 is 4.84 Å². The molecular weight excluding hydrogens is 178 g/mol. The van der Waals surface area contributed by atoms with Crippen molar-refractivity contribution in [2.45, 2.75) is 32.7 Å². The summed E-state index contributed by atoms with van der Waals surface area (Å²) in [5.74, 6) is 0.636. The highest BCUT2D eigenvalue weighted by atomic mass is 16.9. The second kappa shape index (κ2) is 4.44. The van der Waals surface area contributed by atoms with Crippen LogP contribution >= 0.6 is 0 Å². The first-order valence-electron chi connectivity index (χ1n) is 4.78. The summed E-state index contributed by atoms with van der Waals surface area (Å²) in [7, 11) is 0. The monoisotopic (exact) mass is 195 g/mol. The fourth-order valence-corrected chi connectivity index (χ4v) is 0.840. The van der Waals surface area contributed by atoms with E-state index in [4.69, 9.17) is 4.84 Å². The molecule has 1 aromatic carbocycles. The molecule has 0 aliphatic heterocycles. The minimum Gasteiger partial charge on any atom is -0.380 e. The third kappa shape index (κ3) is 2.72.